The Labute approximate surface area is 347 Å². The minimum atomic E-state index is -0.337. The van der Waals surface area contributed by atoms with E-state index < -0.39 is 0 Å². The summed E-state index contributed by atoms with van der Waals surface area (Å²) in [5.74, 6) is 0.286. The predicted molar refractivity (Wildman–Crippen MR) is 230 cm³/mol. The van der Waals surface area contributed by atoms with Crippen LogP contribution in [0.5, 0.6) is 0 Å². The number of aliphatic hydroxyl groups excluding tert-OH is 1. The molecule has 3 heterocycles. The van der Waals surface area contributed by atoms with Crippen LogP contribution in [0, 0.1) is 45.6 Å². The molecule has 0 fully saturated rings. The first-order chi connectivity index (χ1) is 25.4. The molecule has 0 aliphatic heterocycles. The molecule has 1 N–H and O–H groups in total. The number of ketones is 1. The molecular weight excluding hydrogens is 875 g/mol. The number of aromatic nitrogens is 3. The summed E-state index contributed by atoms with van der Waals surface area (Å²) in [5, 5.41) is 12.6. The van der Waals surface area contributed by atoms with Crippen molar-refractivity contribution >= 4 is 44.8 Å². The fraction of sp³-hybridized carbons (Fsp3) is 0.396. The molecule has 7 heteroatoms. The molecule has 0 aliphatic rings. The third kappa shape index (κ3) is 8.04. The van der Waals surface area contributed by atoms with E-state index >= 15 is 0 Å². The summed E-state index contributed by atoms with van der Waals surface area (Å²) < 4.78 is 4.23. The third-order valence-electron chi connectivity index (χ3n) is 12.2. The van der Waals surface area contributed by atoms with Crippen molar-refractivity contribution in [2.24, 2.45) is 10.8 Å². The molecule has 0 unspecified atom stereocenters. The molecule has 6 rings (SSSR count). The quantitative estimate of drug-likeness (QED) is 0.0680. The summed E-state index contributed by atoms with van der Waals surface area (Å²) in [6, 6.07) is 19.5. The van der Waals surface area contributed by atoms with E-state index in [0.29, 0.717) is 0 Å². The minimum Gasteiger partial charge on any atom is -0.512 e. The van der Waals surface area contributed by atoms with Crippen LogP contribution in [-0.4, -0.2) is 19.7 Å². The number of allylic oxidation sites excluding steroid dienone is 2. The van der Waals surface area contributed by atoms with Crippen LogP contribution in [0.1, 0.15) is 116 Å². The van der Waals surface area contributed by atoms with E-state index in [2.05, 4.69) is 114 Å². The molecule has 55 heavy (non-hydrogen) atoms. The molecule has 0 saturated carbocycles. The molecular formula is C48H60IrN3O2S-. The third-order valence-corrected chi connectivity index (χ3v) is 13.4. The van der Waals surface area contributed by atoms with Crippen LogP contribution in [0.3, 0.4) is 0 Å². The SMILES string of the molecule is CCC(C)(CC)C(=O)/C=C(\O)C(C)(CC)CC.[CH2-]c1c(-c2c3nc4c(C)c(-c5c(C)cccc5C)sn4c3cc[n+]2[CH2-])cc(C(C)(C)C)c2ccccc12.[Ir]. The summed E-state index contributed by atoms with van der Waals surface area (Å²) in [4.78, 5) is 18.7. The average Bonchev–Trinajstić information content (AvgIpc) is 3.66. The van der Waals surface area contributed by atoms with E-state index in [9.17, 15) is 9.90 Å². The van der Waals surface area contributed by atoms with Crippen molar-refractivity contribution in [1.29, 1.82) is 0 Å². The summed E-state index contributed by atoms with van der Waals surface area (Å²) in [6.45, 7) is 30.0. The molecule has 0 spiro atoms. The van der Waals surface area contributed by atoms with Crippen LogP contribution in [0.4, 0.5) is 0 Å². The standard InChI is InChI=1S/C33H32N3S.C15H28O2.Ir/c1-19-12-11-13-20(2)28(19)31-22(4)32-34-29-27(36(32)37-31)16-17-35(8)30(29)25-18-26(33(5,6)7)24-15-10-9-14-23(24)21(25)3;1-7-14(5,8-2)12(16)11-13(17)15(6,9-3)10-4;/h9-18H,3,8H2,1-2,4-7H3;11,16H,7-10H2,1-6H3;/q-1;;/b;12-11-;. The number of benzene rings is 3. The van der Waals surface area contributed by atoms with Crippen LogP contribution in [0.25, 0.3) is 49.2 Å². The number of carbonyl (C=O) groups is 1. The van der Waals surface area contributed by atoms with E-state index in [-0.39, 0.29) is 47.9 Å². The number of carbonyl (C=O) groups excluding carboxylic acids is 1. The summed E-state index contributed by atoms with van der Waals surface area (Å²) in [7, 11) is 4.37. The molecule has 0 aliphatic carbocycles. The van der Waals surface area contributed by atoms with Crippen LogP contribution >= 0.6 is 11.5 Å². The molecule has 3 aromatic heterocycles. The van der Waals surface area contributed by atoms with Gasteiger partial charge in [-0.1, -0.05) is 121 Å². The normalized spacial score (nSPS) is 12.5. The Kier molecular flexibility index (Phi) is 13.3. The maximum atomic E-state index is 12.2. The topological polar surface area (TPSA) is 58.5 Å². The Balaban J connectivity index is 0.000000320. The molecule has 5 nitrogen and oxygen atoms in total. The van der Waals surface area contributed by atoms with E-state index in [0.717, 1.165) is 59.2 Å². The summed E-state index contributed by atoms with van der Waals surface area (Å²) >= 11 is 1.77. The number of imidazole rings is 1. The van der Waals surface area contributed by atoms with Gasteiger partial charge in [0, 0.05) is 49.6 Å². The Morgan fingerprint density at radius 3 is 1.98 bits per heavy atom. The maximum absolute atomic E-state index is 12.2. The van der Waals surface area contributed by atoms with Gasteiger partial charge in [-0.05, 0) is 74.6 Å². The van der Waals surface area contributed by atoms with Gasteiger partial charge in [0.25, 0.3) is 0 Å². The number of pyridine rings is 1. The number of aliphatic hydroxyl groups is 1. The van der Waals surface area contributed by atoms with E-state index in [1.165, 1.54) is 49.5 Å². The van der Waals surface area contributed by atoms with Gasteiger partial charge in [-0.25, -0.2) is 8.77 Å². The van der Waals surface area contributed by atoms with Gasteiger partial charge in [0.1, 0.15) is 5.76 Å². The largest absolute Gasteiger partial charge is 0.512 e. The second-order valence-electron chi connectivity index (χ2n) is 16.6. The van der Waals surface area contributed by atoms with E-state index in [1.807, 2.05) is 52.3 Å². The molecule has 0 bridgehead atoms. The van der Waals surface area contributed by atoms with E-state index in [4.69, 9.17) is 4.98 Å². The molecule has 0 atom stereocenters. The summed E-state index contributed by atoms with van der Waals surface area (Å²) in [6.07, 6.45) is 6.80. The Morgan fingerprint density at radius 1 is 0.873 bits per heavy atom. The first-order valence-corrected chi connectivity index (χ1v) is 20.2. The zero-order valence-corrected chi connectivity index (χ0v) is 38.2. The predicted octanol–water partition coefficient (Wildman–Crippen LogP) is 13.0. The molecule has 1 radical (unpaired) electrons. The first-order valence-electron chi connectivity index (χ1n) is 19.5. The molecule has 3 aromatic carbocycles. The van der Waals surface area contributed by atoms with Crippen molar-refractivity contribution in [1.82, 2.24) is 8.77 Å². The average molecular weight is 935 g/mol. The van der Waals surface area contributed by atoms with Crippen LogP contribution in [-0.2, 0) is 30.3 Å². The minimum absolute atomic E-state index is 0. The van der Waals surface area contributed by atoms with Crippen LogP contribution in [0.15, 0.2) is 72.6 Å². The second-order valence-corrected chi connectivity index (χ2v) is 17.5. The van der Waals surface area contributed by atoms with Gasteiger partial charge in [-0.15, -0.1) is 23.1 Å². The van der Waals surface area contributed by atoms with Crippen molar-refractivity contribution in [3.8, 4) is 21.7 Å². The van der Waals surface area contributed by atoms with Gasteiger partial charge in [-0.3, -0.25) is 4.79 Å². The molecule has 6 aromatic rings. The number of hydrogen-bond donors (Lipinski definition) is 1. The van der Waals surface area contributed by atoms with E-state index in [1.54, 1.807) is 11.5 Å². The van der Waals surface area contributed by atoms with Crippen LogP contribution in [0.2, 0.25) is 0 Å². The zero-order valence-electron chi connectivity index (χ0n) is 35.0. The zero-order chi connectivity index (χ0) is 39.9. The molecule has 0 saturated heterocycles. The van der Waals surface area contributed by atoms with Crippen molar-refractivity contribution in [2.45, 2.75) is 114 Å². The monoisotopic (exact) mass is 935 g/mol. The Morgan fingerprint density at radius 2 is 1.44 bits per heavy atom. The second kappa shape index (κ2) is 16.7. The van der Waals surface area contributed by atoms with Crippen molar-refractivity contribution in [3.05, 3.63) is 114 Å². The van der Waals surface area contributed by atoms with Gasteiger partial charge in [-0.2, -0.15) is 12.5 Å². The number of aryl methyl sites for hydroxylation is 3. The van der Waals surface area contributed by atoms with Gasteiger partial charge in [0.2, 0.25) is 0 Å². The number of nitrogens with zero attached hydrogens (tertiary/aromatic N) is 3. The van der Waals surface area contributed by atoms with Crippen molar-refractivity contribution < 1.29 is 34.6 Å². The van der Waals surface area contributed by atoms with Gasteiger partial charge < -0.3 is 9.67 Å². The summed E-state index contributed by atoms with van der Waals surface area (Å²) in [5.41, 5.74) is 12.0. The number of rotatable bonds is 9. The van der Waals surface area contributed by atoms with Gasteiger partial charge in [0.15, 0.2) is 11.4 Å². The smallest absolute Gasteiger partial charge is 0.164 e. The molecule has 0 amide bonds. The molecule has 295 valence electrons. The van der Waals surface area contributed by atoms with Gasteiger partial charge in [0.05, 0.1) is 27.8 Å². The fourth-order valence-corrected chi connectivity index (χ4v) is 8.67. The Hall–Kier alpha value is -3.90. The number of hydrogen-bond acceptors (Lipinski definition) is 4. The van der Waals surface area contributed by atoms with Crippen molar-refractivity contribution in [2.75, 3.05) is 0 Å². The maximum Gasteiger partial charge on any atom is 0.164 e. The fourth-order valence-electron chi connectivity index (χ4n) is 7.34. The first kappa shape index (κ1) is 43.8. The van der Waals surface area contributed by atoms with Gasteiger partial charge >= 0.3 is 0 Å². The number of fused-ring (bicyclic) bond motifs is 4. The van der Waals surface area contributed by atoms with Crippen LogP contribution < -0.4 is 4.57 Å². The Bertz CT molecular complexity index is 2360. The van der Waals surface area contributed by atoms with Crippen molar-refractivity contribution in [3.63, 3.8) is 0 Å².